The van der Waals surface area contributed by atoms with Crippen LogP contribution in [0.5, 0.6) is 5.75 Å². The van der Waals surface area contributed by atoms with Gasteiger partial charge in [0, 0.05) is 38.2 Å². The fourth-order valence-electron chi connectivity index (χ4n) is 12.8. The summed E-state index contributed by atoms with van der Waals surface area (Å²) < 4.78 is 77.4. The lowest BCUT2D eigenvalue weighted by molar-refractivity contribution is -0.293. The Morgan fingerprint density at radius 2 is 1.53 bits per heavy atom. The molecule has 0 amide bonds. The summed E-state index contributed by atoms with van der Waals surface area (Å²) in [5, 5.41) is 20.7. The van der Waals surface area contributed by atoms with Gasteiger partial charge in [0.2, 0.25) is 0 Å². The Morgan fingerprint density at radius 3 is 2.32 bits per heavy atom. The number of aliphatic hydroxyl groups excluding tert-OH is 2. The number of benzene rings is 1. The highest BCUT2D eigenvalue weighted by atomic mass is 16.8. The van der Waals surface area contributed by atoms with Crippen LogP contribution in [0, 0.1) is 11.8 Å². The van der Waals surface area contributed by atoms with Gasteiger partial charge in [0.05, 0.1) is 107 Å². The van der Waals surface area contributed by atoms with Gasteiger partial charge < -0.3 is 67.1 Å². The Kier molecular flexibility index (Phi) is 14.1. The number of ether oxygens (including phenoxy) is 12. The first-order valence-electron chi connectivity index (χ1n) is 24.8. The van der Waals surface area contributed by atoms with E-state index < -0.39 is 18.0 Å². The molecule has 21 atom stereocenters. The van der Waals surface area contributed by atoms with Crippen molar-refractivity contribution in [2.45, 2.75) is 220 Å². The number of rotatable bonds is 16. The summed E-state index contributed by atoms with van der Waals surface area (Å²) in [5.41, 5.74) is 3.19. The second-order valence-electron chi connectivity index (χ2n) is 20.7. The fourth-order valence-corrected chi connectivity index (χ4v) is 12.8. The summed E-state index contributed by atoms with van der Waals surface area (Å²) in [4.78, 5) is 12.1. The van der Waals surface area contributed by atoms with E-state index in [0.29, 0.717) is 38.7 Å². The van der Waals surface area contributed by atoms with Crippen molar-refractivity contribution in [3.05, 3.63) is 54.1 Å². The molecule has 15 heteroatoms. The van der Waals surface area contributed by atoms with Crippen LogP contribution in [0.1, 0.15) is 103 Å². The number of fused-ring (bicyclic) bond motifs is 2. The van der Waals surface area contributed by atoms with Crippen molar-refractivity contribution in [3.8, 4) is 5.75 Å². The predicted molar refractivity (Wildman–Crippen MR) is 236 cm³/mol. The van der Waals surface area contributed by atoms with Crippen molar-refractivity contribution in [2.24, 2.45) is 11.8 Å². The SMILES string of the molecule is C=C1C[C@H](CC[C@@]23C[C@@H]4O[C@H]5[C@@H](O[C@H]6CC[C@H](CC(=O)OC)O[C@@H]6[C@H]5O2)[C@H]4O3)O[C@H]1CC[C@H]1C[C@@H](C)C(=C)[C@@H](C[C@@H]2O[C@H]3C[C@@H](O)[C@@H](CCO)O[C@H]3[C@H](C)[C@H]2OCc2ccc(OC)cc2)O1. The van der Waals surface area contributed by atoms with Crippen LogP contribution in [0.25, 0.3) is 0 Å². The summed E-state index contributed by atoms with van der Waals surface area (Å²) in [6.45, 7) is 13.7. The third-order valence-electron chi connectivity index (χ3n) is 16.4. The van der Waals surface area contributed by atoms with Gasteiger partial charge in [0.25, 0.3) is 0 Å². The summed E-state index contributed by atoms with van der Waals surface area (Å²) >= 11 is 0. The van der Waals surface area contributed by atoms with E-state index in [1.54, 1.807) is 7.11 Å². The maximum Gasteiger partial charge on any atom is 0.308 e. The van der Waals surface area contributed by atoms with Crippen molar-refractivity contribution >= 4 is 5.97 Å². The molecule has 10 aliphatic rings. The van der Waals surface area contributed by atoms with Crippen molar-refractivity contribution in [1.29, 1.82) is 0 Å². The van der Waals surface area contributed by atoms with Crippen LogP contribution in [0.15, 0.2) is 48.6 Å². The Balaban J connectivity index is 0.749. The molecule has 0 aromatic heterocycles. The highest BCUT2D eigenvalue weighted by molar-refractivity contribution is 5.69. The van der Waals surface area contributed by atoms with Crippen LogP contribution in [-0.2, 0) is 63.5 Å². The normalized spacial score (nSPS) is 45.9. The molecule has 11 rings (SSSR count). The highest BCUT2D eigenvalue weighted by Crippen LogP contribution is 2.54. The molecule has 10 aliphatic heterocycles. The quantitative estimate of drug-likeness (QED) is 0.159. The van der Waals surface area contributed by atoms with E-state index in [0.717, 1.165) is 67.4 Å². The van der Waals surface area contributed by atoms with Crippen LogP contribution in [-0.4, -0.2) is 153 Å². The van der Waals surface area contributed by atoms with Gasteiger partial charge in [0.15, 0.2) is 5.79 Å². The third kappa shape index (κ3) is 9.43. The van der Waals surface area contributed by atoms with Gasteiger partial charge in [-0.15, -0.1) is 0 Å². The first-order valence-corrected chi connectivity index (χ1v) is 24.8. The first kappa shape index (κ1) is 47.2. The number of hydrogen-bond donors (Lipinski definition) is 2. The van der Waals surface area contributed by atoms with Gasteiger partial charge in [-0.2, -0.15) is 0 Å². The molecule has 0 unspecified atom stereocenters. The zero-order valence-electron chi connectivity index (χ0n) is 39.1. The number of carbonyl (C=O) groups excluding carboxylic acids is 1. The van der Waals surface area contributed by atoms with E-state index in [2.05, 4.69) is 27.0 Å². The lowest BCUT2D eigenvalue weighted by Crippen LogP contribution is -2.61. The lowest BCUT2D eigenvalue weighted by Gasteiger charge is -2.51. The van der Waals surface area contributed by atoms with Crippen LogP contribution in [0.3, 0.4) is 0 Å². The number of methoxy groups -OCH3 is 2. The summed E-state index contributed by atoms with van der Waals surface area (Å²) in [6, 6.07) is 7.88. The molecular formula is C51H72O15. The summed E-state index contributed by atoms with van der Waals surface area (Å²) in [6.07, 6.45) is 3.86. The van der Waals surface area contributed by atoms with Crippen molar-refractivity contribution in [1.82, 2.24) is 0 Å². The molecule has 0 radical (unpaired) electrons. The molecule has 0 spiro atoms. The van der Waals surface area contributed by atoms with Crippen molar-refractivity contribution in [3.63, 3.8) is 0 Å². The minimum Gasteiger partial charge on any atom is -0.497 e. The third-order valence-corrected chi connectivity index (χ3v) is 16.4. The topological polar surface area (TPSA) is 168 Å². The van der Waals surface area contributed by atoms with Gasteiger partial charge in [-0.3, -0.25) is 4.79 Å². The average Bonchev–Trinajstić information content (AvgIpc) is 3.90. The Morgan fingerprint density at radius 1 is 0.758 bits per heavy atom. The molecule has 1 aromatic carbocycles. The molecule has 6 bridgehead atoms. The Labute approximate surface area is 389 Å². The monoisotopic (exact) mass is 924 g/mol. The number of aliphatic hydroxyl groups is 2. The summed E-state index contributed by atoms with van der Waals surface area (Å²) in [5.74, 6) is -0.110. The van der Waals surface area contributed by atoms with Gasteiger partial charge in [-0.05, 0) is 86.1 Å². The van der Waals surface area contributed by atoms with Crippen LogP contribution in [0.4, 0.5) is 0 Å². The van der Waals surface area contributed by atoms with E-state index in [1.165, 1.54) is 7.11 Å². The van der Waals surface area contributed by atoms with E-state index in [9.17, 15) is 15.0 Å². The first-order chi connectivity index (χ1) is 31.9. The molecule has 366 valence electrons. The van der Waals surface area contributed by atoms with E-state index in [-0.39, 0.29) is 128 Å². The zero-order valence-corrected chi connectivity index (χ0v) is 39.1. The van der Waals surface area contributed by atoms with E-state index >= 15 is 0 Å². The smallest absolute Gasteiger partial charge is 0.308 e. The molecule has 66 heavy (non-hydrogen) atoms. The minimum absolute atomic E-state index is 0.00525. The average molecular weight is 925 g/mol. The molecule has 15 nitrogen and oxygen atoms in total. The lowest BCUT2D eigenvalue weighted by atomic mass is 9.79. The molecular weight excluding hydrogens is 853 g/mol. The van der Waals surface area contributed by atoms with Gasteiger partial charge in [-0.1, -0.05) is 39.1 Å². The maximum absolute atomic E-state index is 12.1. The maximum atomic E-state index is 12.1. The van der Waals surface area contributed by atoms with Crippen LogP contribution >= 0.6 is 0 Å². The van der Waals surface area contributed by atoms with Crippen LogP contribution < -0.4 is 4.74 Å². The number of carbonyl (C=O) groups is 1. The minimum atomic E-state index is -0.820. The molecule has 10 fully saturated rings. The second kappa shape index (κ2) is 19.7. The molecule has 0 aliphatic carbocycles. The standard InChI is InChI=1S/C51H72O15/c1-26-19-32(59-39(28(26)3)23-41-44(57-25-30-7-9-31(55-5)10-8-30)29(4)45-40(61-41)22-35(53)37(62-45)16-18-52)11-13-36-27(2)20-34(58-36)15-17-51-24-42-47(65-51)48-49(64-42)50(66-51)46-38(63-48)14-12-33(60-46)21-43(54)56-6/h7-10,26,29,32-42,44-50,52-53H,2-3,11-25H2,1,4-6H3/t26-,29-,32+,33-,34+,35-,36+,37-,38+,39-,40+,41+,42+,44-,45+,46+,47+,48+,49+,50-,51+/m1/s1. The Bertz CT molecular complexity index is 1880. The molecule has 10 saturated heterocycles. The van der Waals surface area contributed by atoms with E-state index in [1.807, 2.05) is 24.3 Å². The van der Waals surface area contributed by atoms with Gasteiger partial charge >= 0.3 is 5.97 Å². The predicted octanol–water partition coefficient (Wildman–Crippen LogP) is 5.43. The largest absolute Gasteiger partial charge is 0.497 e. The molecule has 10 heterocycles. The van der Waals surface area contributed by atoms with Crippen molar-refractivity contribution in [2.75, 3.05) is 20.8 Å². The fraction of sp³-hybridized carbons (Fsp3) is 0.784. The second-order valence-corrected chi connectivity index (χ2v) is 20.7. The van der Waals surface area contributed by atoms with Crippen molar-refractivity contribution < 1.29 is 71.8 Å². The molecule has 0 saturated carbocycles. The zero-order chi connectivity index (χ0) is 45.9. The molecule has 2 N–H and O–H groups in total. The van der Waals surface area contributed by atoms with Crippen LogP contribution in [0.2, 0.25) is 0 Å². The summed E-state index contributed by atoms with van der Waals surface area (Å²) in [7, 11) is 3.06. The molecule has 1 aromatic rings. The highest BCUT2D eigenvalue weighted by Gasteiger charge is 2.69. The number of esters is 1. The Hall–Kier alpha value is -2.51. The van der Waals surface area contributed by atoms with E-state index in [4.69, 9.17) is 56.8 Å². The van der Waals surface area contributed by atoms with Gasteiger partial charge in [-0.25, -0.2) is 0 Å². The van der Waals surface area contributed by atoms with Gasteiger partial charge in [0.1, 0.15) is 36.3 Å². The number of hydrogen-bond acceptors (Lipinski definition) is 15.